The molecule has 0 amide bonds. The molecule has 7 nitrogen and oxygen atoms in total. The topological polar surface area (TPSA) is 74.0 Å². The van der Waals surface area contributed by atoms with E-state index in [0.29, 0.717) is 62.1 Å². The number of ether oxygens (including phenoxy) is 3. The minimum absolute atomic E-state index is 0.267. The Bertz CT molecular complexity index is 1180. The third-order valence-corrected chi connectivity index (χ3v) is 5.96. The van der Waals surface area contributed by atoms with E-state index in [2.05, 4.69) is 4.98 Å². The summed E-state index contributed by atoms with van der Waals surface area (Å²) >= 11 is 0. The van der Waals surface area contributed by atoms with Crippen molar-refractivity contribution in [2.24, 2.45) is 0 Å². The molecule has 10 heteroatoms. The van der Waals surface area contributed by atoms with Crippen LogP contribution in [0.2, 0.25) is 0 Å². The number of nitrogens with zero attached hydrogens (tertiary/aromatic N) is 2. The van der Waals surface area contributed by atoms with Crippen LogP contribution in [0.1, 0.15) is 22.6 Å². The van der Waals surface area contributed by atoms with Crippen molar-refractivity contribution in [1.82, 2.24) is 9.88 Å². The van der Waals surface area contributed by atoms with Crippen molar-refractivity contribution >= 4 is 5.97 Å². The summed E-state index contributed by atoms with van der Waals surface area (Å²) in [5, 5.41) is 0. The highest BCUT2D eigenvalue weighted by Crippen LogP contribution is 2.31. The van der Waals surface area contributed by atoms with Crippen molar-refractivity contribution in [1.29, 1.82) is 0 Å². The maximum atomic E-state index is 12.8. The van der Waals surface area contributed by atoms with E-state index in [1.807, 2.05) is 29.2 Å². The second-order valence-electron chi connectivity index (χ2n) is 8.43. The van der Waals surface area contributed by atoms with Gasteiger partial charge in [-0.05, 0) is 48.9 Å². The van der Waals surface area contributed by atoms with Gasteiger partial charge in [-0.3, -0.25) is 9.69 Å². The highest BCUT2D eigenvalue weighted by atomic mass is 19.4. The fourth-order valence-corrected chi connectivity index (χ4v) is 4.00. The molecular formula is C26H27F3N2O5. The first-order chi connectivity index (χ1) is 17.2. The summed E-state index contributed by atoms with van der Waals surface area (Å²) in [4.78, 5) is 18.5. The molecule has 0 spiro atoms. The smallest absolute Gasteiger partial charge is 0.416 e. The van der Waals surface area contributed by atoms with Crippen molar-refractivity contribution in [3.63, 3.8) is 0 Å². The Morgan fingerprint density at radius 2 is 1.97 bits per heavy atom. The van der Waals surface area contributed by atoms with Crippen LogP contribution in [0.4, 0.5) is 13.2 Å². The first-order valence-electron chi connectivity index (χ1n) is 11.5. The Labute approximate surface area is 206 Å². The summed E-state index contributed by atoms with van der Waals surface area (Å²) in [5.41, 5.74) is 1.42. The van der Waals surface area contributed by atoms with Crippen LogP contribution < -0.4 is 4.74 Å². The molecule has 192 valence electrons. The van der Waals surface area contributed by atoms with Gasteiger partial charge >= 0.3 is 12.1 Å². The summed E-state index contributed by atoms with van der Waals surface area (Å²) in [6.45, 7) is 4.13. The van der Waals surface area contributed by atoms with Crippen LogP contribution >= 0.6 is 0 Å². The normalized spacial score (nSPS) is 16.6. The fraction of sp³-hybridized carbons (Fsp3) is 0.385. The monoisotopic (exact) mass is 504 g/mol. The van der Waals surface area contributed by atoms with E-state index < -0.39 is 17.8 Å². The Balaban J connectivity index is 1.35. The first-order valence-corrected chi connectivity index (χ1v) is 11.5. The molecule has 2 aromatic carbocycles. The van der Waals surface area contributed by atoms with Crippen molar-refractivity contribution in [3.05, 3.63) is 71.1 Å². The van der Waals surface area contributed by atoms with Gasteiger partial charge in [0, 0.05) is 25.1 Å². The molecule has 3 aromatic rings. The number of aryl methyl sites for hydroxylation is 1. The number of hydrogen-bond acceptors (Lipinski definition) is 7. The van der Waals surface area contributed by atoms with E-state index >= 15 is 0 Å². The second kappa shape index (κ2) is 11.1. The lowest BCUT2D eigenvalue weighted by Crippen LogP contribution is -2.49. The minimum atomic E-state index is -4.39. The summed E-state index contributed by atoms with van der Waals surface area (Å²) in [6.07, 6.45) is -3.93. The molecule has 0 radical (unpaired) electrons. The van der Waals surface area contributed by atoms with Gasteiger partial charge < -0.3 is 18.6 Å². The molecule has 2 heterocycles. The number of rotatable bonds is 8. The number of carbonyl (C=O) groups excluding carboxylic acids is 1. The number of oxazole rings is 1. The predicted octanol–water partition coefficient (Wildman–Crippen LogP) is 4.66. The van der Waals surface area contributed by atoms with E-state index in [1.165, 1.54) is 19.2 Å². The molecule has 4 rings (SSSR count). The average molecular weight is 505 g/mol. The number of hydrogen-bond donors (Lipinski definition) is 0. The molecular weight excluding hydrogens is 477 g/mol. The summed E-state index contributed by atoms with van der Waals surface area (Å²) in [7, 11) is 1.37. The van der Waals surface area contributed by atoms with Gasteiger partial charge in [-0.15, -0.1) is 0 Å². The second-order valence-corrected chi connectivity index (χ2v) is 8.43. The minimum Gasteiger partial charge on any atom is -0.493 e. The van der Waals surface area contributed by atoms with Crippen LogP contribution in [0.5, 0.6) is 5.75 Å². The zero-order valence-corrected chi connectivity index (χ0v) is 20.0. The van der Waals surface area contributed by atoms with Crippen LogP contribution in [-0.2, 0) is 33.4 Å². The lowest BCUT2D eigenvalue weighted by atomic mass is 10.1. The molecule has 0 saturated carbocycles. The number of morpholine rings is 1. The number of esters is 1. The van der Waals surface area contributed by atoms with Crippen LogP contribution in [0.15, 0.2) is 52.9 Å². The standard InChI is InChI=1S/C26H27F3N2O5/c1-17-22(30-24(36-17)19-6-8-20(9-7-19)26(27,28)29)10-12-35-21-5-3-4-18(14-21)15-31-11-13-34-16-23(31)25(32)33-2/h3-9,14,23H,10-13,15-16H2,1-2H3/t23-/m0/s1. The predicted molar refractivity (Wildman–Crippen MR) is 124 cm³/mol. The Morgan fingerprint density at radius 3 is 2.69 bits per heavy atom. The van der Waals surface area contributed by atoms with Gasteiger partial charge in [0.05, 0.1) is 38.2 Å². The Morgan fingerprint density at radius 1 is 1.19 bits per heavy atom. The van der Waals surface area contributed by atoms with Crippen molar-refractivity contribution < 1.29 is 36.6 Å². The summed E-state index contributed by atoms with van der Waals surface area (Å²) in [6, 6.07) is 11.9. The van der Waals surface area contributed by atoms with Gasteiger partial charge in [0.25, 0.3) is 0 Å². The van der Waals surface area contributed by atoms with E-state index in [-0.39, 0.29) is 11.9 Å². The molecule has 1 fully saturated rings. The van der Waals surface area contributed by atoms with Crippen LogP contribution in [0, 0.1) is 6.92 Å². The number of halogens is 3. The number of carbonyl (C=O) groups is 1. The third-order valence-electron chi connectivity index (χ3n) is 5.96. The highest BCUT2D eigenvalue weighted by molar-refractivity contribution is 5.75. The Hall–Kier alpha value is -3.37. The maximum Gasteiger partial charge on any atom is 0.416 e. The number of aromatic nitrogens is 1. The molecule has 1 aliphatic rings. The highest BCUT2D eigenvalue weighted by Gasteiger charge is 2.31. The molecule has 1 atom stereocenters. The first kappa shape index (κ1) is 25.7. The van der Waals surface area contributed by atoms with Crippen LogP contribution in [-0.4, -0.2) is 55.4 Å². The molecule has 36 heavy (non-hydrogen) atoms. The van der Waals surface area contributed by atoms with Gasteiger partial charge in [-0.25, -0.2) is 4.98 Å². The van der Waals surface area contributed by atoms with E-state index in [9.17, 15) is 18.0 Å². The van der Waals surface area contributed by atoms with Crippen molar-refractivity contribution in [3.8, 4) is 17.2 Å². The molecule has 0 bridgehead atoms. The molecule has 0 N–H and O–H groups in total. The summed E-state index contributed by atoms with van der Waals surface area (Å²) in [5.74, 6) is 1.22. The third kappa shape index (κ3) is 6.24. The lowest BCUT2D eigenvalue weighted by Gasteiger charge is -2.33. The average Bonchev–Trinajstić information content (AvgIpc) is 3.24. The van der Waals surface area contributed by atoms with Gasteiger partial charge in [-0.2, -0.15) is 13.2 Å². The van der Waals surface area contributed by atoms with Crippen molar-refractivity contribution in [2.45, 2.75) is 32.1 Å². The zero-order valence-electron chi connectivity index (χ0n) is 20.0. The maximum absolute atomic E-state index is 12.8. The molecule has 0 unspecified atom stereocenters. The van der Waals surface area contributed by atoms with E-state index in [0.717, 1.165) is 17.7 Å². The van der Waals surface area contributed by atoms with Crippen LogP contribution in [0.3, 0.4) is 0 Å². The Kier molecular flexibility index (Phi) is 7.95. The van der Waals surface area contributed by atoms with Gasteiger partial charge in [0.1, 0.15) is 17.6 Å². The number of alkyl halides is 3. The molecule has 1 aliphatic heterocycles. The largest absolute Gasteiger partial charge is 0.493 e. The number of methoxy groups -OCH3 is 1. The van der Waals surface area contributed by atoms with E-state index in [1.54, 1.807) is 6.92 Å². The van der Waals surface area contributed by atoms with Gasteiger partial charge in [0.2, 0.25) is 5.89 Å². The summed E-state index contributed by atoms with van der Waals surface area (Å²) < 4.78 is 60.3. The van der Waals surface area contributed by atoms with Gasteiger partial charge in [-0.1, -0.05) is 12.1 Å². The molecule has 1 saturated heterocycles. The van der Waals surface area contributed by atoms with Gasteiger partial charge in [0.15, 0.2) is 0 Å². The van der Waals surface area contributed by atoms with E-state index in [4.69, 9.17) is 18.6 Å². The molecule has 0 aliphatic carbocycles. The quantitative estimate of drug-likeness (QED) is 0.413. The SMILES string of the molecule is COC(=O)[C@@H]1COCCN1Cc1cccc(OCCc2nc(-c3ccc(C(F)(F)F)cc3)oc2C)c1. The van der Waals surface area contributed by atoms with Crippen LogP contribution in [0.25, 0.3) is 11.5 Å². The van der Waals surface area contributed by atoms with Crippen molar-refractivity contribution in [2.75, 3.05) is 33.5 Å². The zero-order chi connectivity index (χ0) is 25.7. The molecule has 1 aromatic heterocycles. The number of benzene rings is 2. The fourth-order valence-electron chi connectivity index (χ4n) is 4.00. The lowest BCUT2D eigenvalue weighted by molar-refractivity contribution is -0.153.